The summed E-state index contributed by atoms with van der Waals surface area (Å²) in [6, 6.07) is 15.5. The Hall–Kier alpha value is -1.48. The number of nitrogens with zero attached hydrogens (tertiary/aromatic N) is 1. The lowest BCUT2D eigenvalue weighted by molar-refractivity contribution is 0.789. The lowest BCUT2D eigenvalue weighted by Crippen LogP contribution is -2.19. The summed E-state index contributed by atoms with van der Waals surface area (Å²) in [7, 11) is 4.13. The minimum Gasteiger partial charge on any atom is -0.382 e. The summed E-state index contributed by atoms with van der Waals surface area (Å²) in [5, 5.41) is 3.61. The summed E-state index contributed by atoms with van der Waals surface area (Å²) in [5.41, 5.74) is 5.08. The Morgan fingerprint density at radius 3 is 2.33 bits per heavy atom. The molecule has 0 saturated carbocycles. The molecular weight excluding hydrogens is 324 g/mol. The first-order chi connectivity index (χ1) is 9.95. The third-order valence-corrected chi connectivity index (χ3v) is 4.11. The van der Waals surface area contributed by atoms with Gasteiger partial charge >= 0.3 is 0 Å². The molecule has 2 aromatic rings. The molecule has 0 aromatic heterocycles. The summed E-state index contributed by atoms with van der Waals surface area (Å²) < 4.78 is 1.13. The second-order valence-electron chi connectivity index (χ2n) is 5.77. The summed E-state index contributed by atoms with van der Waals surface area (Å²) >= 11 is 3.47. The van der Waals surface area contributed by atoms with Crippen molar-refractivity contribution < 1.29 is 0 Å². The largest absolute Gasteiger partial charge is 0.382 e. The molecule has 1 unspecified atom stereocenters. The molecule has 0 heterocycles. The second-order valence-corrected chi connectivity index (χ2v) is 6.69. The first kappa shape index (κ1) is 15.9. The van der Waals surface area contributed by atoms with E-state index in [1.165, 1.54) is 22.5 Å². The van der Waals surface area contributed by atoms with Gasteiger partial charge in [0.2, 0.25) is 0 Å². The van der Waals surface area contributed by atoms with E-state index < -0.39 is 0 Å². The van der Waals surface area contributed by atoms with Gasteiger partial charge in [-0.2, -0.15) is 0 Å². The third-order valence-electron chi connectivity index (χ3n) is 3.58. The molecule has 2 rings (SSSR count). The van der Waals surface area contributed by atoms with Crippen LogP contribution in [0.3, 0.4) is 0 Å². The molecule has 3 heteroatoms. The van der Waals surface area contributed by atoms with Gasteiger partial charge in [0.25, 0.3) is 0 Å². The molecular formula is C18H23BrN2. The second kappa shape index (κ2) is 6.99. The molecule has 0 fully saturated rings. The molecule has 1 atom stereocenters. The van der Waals surface area contributed by atoms with Crippen molar-refractivity contribution in [1.82, 2.24) is 0 Å². The summed E-state index contributed by atoms with van der Waals surface area (Å²) in [5.74, 6) is 0. The normalized spacial score (nSPS) is 12.0. The Labute approximate surface area is 136 Å². The molecule has 0 bridgehead atoms. The molecule has 112 valence electrons. The molecule has 0 saturated heterocycles. The predicted molar refractivity (Wildman–Crippen MR) is 96.4 cm³/mol. The van der Waals surface area contributed by atoms with Crippen LogP contribution in [0.25, 0.3) is 0 Å². The maximum atomic E-state index is 3.61. The first-order valence-corrected chi connectivity index (χ1v) is 8.04. The Kier molecular flexibility index (Phi) is 5.29. The van der Waals surface area contributed by atoms with Crippen LogP contribution in [0.15, 0.2) is 46.9 Å². The van der Waals surface area contributed by atoms with Crippen LogP contribution in [0.1, 0.15) is 18.1 Å². The van der Waals surface area contributed by atoms with Crippen LogP contribution in [0, 0.1) is 6.92 Å². The minimum atomic E-state index is 0.398. The minimum absolute atomic E-state index is 0.398. The van der Waals surface area contributed by atoms with E-state index in [1.807, 2.05) is 0 Å². The van der Waals surface area contributed by atoms with Gasteiger partial charge in [0.05, 0.1) is 0 Å². The average molecular weight is 347 g/mol. The van der Waals surface area contributed by atoms with Crippen LogP contribution in [0.4, 0.5) is 11.4 Å². The number of hydrogen-bond donors (Lipinski definition) is 1. The van der Waals surface area contributed by atoms with Gasteiger partial charge in [-0.05, 0) is 61.7 Å². The van der Waals surface area contributed by atoms with Gasteiger partial charge < -0.3 is 10.2 Å². The maximum absolute atomic E-state index is 3.61. The van der Waals surface area contributed by atoms with E-state index in [9.17, 15) is 0 Å². The van der Waals surface area contributed by atoms with Crippen LogP contribution >= 0.6 is 15.9 Å². The van der Waals surface area contributed by atoms with Crippen LogP contribution < -0.4 is 10.2 Å². The van der Waals surface area contributed by atoms with E-state index in [0.717, 1.165) is 10.9 Å². The summed E-state index contributed by atoms with van der Waals surface area (Å²) in [6.07, 6.45) is 1.02. The van der Waals surface area contributed by atoms with Crippen molar-refractivity contribution in [2.75, 3.05) is 24.3 Å². The predicted octanol–water partition coefficient (Wildman–Crippen LogP) is 4.87. The van der Waals surface area contributed by atoms with Gasteiger partial charge in [-0.15, -0.1) is 0 Å². The SMILES string of the molecule is Cc1cc(N(C)C)ccc1NC(C)Cc1ccc(Br)cc1. The van der Waals surface area contributed by atoms with Crippen LogP contribution in [-0.2, 0) is 6.42 Å². The van der Waals surface area contributed by atoms with Gasteiger partial charge in [0, 0.05) is 36.0 Å². The molecule has 0 spiro atoms. The van der Waals surface area contributed by atoms with Gasteiger partial charge in [0.1, 0.15) is 0 Å². The number of rotatable bonds is 5. The van der Waals surface area contributed by atoms with Gasteiger partial charge in [-0.3, -0.25) is 0 Å². The number of anilines is 2. The standard InChI is InChI=1S/C18H23BrN2/c1-13-11-17(21(3)4)9-10-18(13)20-14(2)12-15-5-7-16(19)8-6-15/h5-11,14,20H,12H2,1-4H3. The molecule has 2 nitrogen and oxygen atoms in total. The van der Waals surface area contributed by atoms with E-state index in [4.69, 9.17) is 0 Å². The summed E-state index contributed by atoms with van der Waals surface area (Å²) in [6.45, 7) is 4.38. The molecule has 21 heavy (non-hydrogen) atoms. The lowest BCUT2D eigenvalue weighted by atomic mass is 10.1. The zero-order valence-corrected chi connectivity index (χ0v) is 14.7. The fourth-order valence-electron chi connectivity index (χ4n) is 2.38. The highest BCUT2D eigenvalue weighted by Crippen LogP contribution is 2.22. The van der Waals surface area contributed by atoms with Gasteiger partial charge in [-0.1, -0.05) is 28.1 Å². The highest BCUT2D eigenvalue weighted by atomic mass is 79.9. The number of aryl methyl sites for hydroxylation is 1. The number of halogens is 1. The highest BCUT2D eigenvalue weighted by Gasteiger charge is 2.07. The Morgan fingerprint density at radius 2 is 1.76 bits per heavy atom. The van der Waals surface area contributed by atoms with Crippen molar-refractivity contribution in [3.63, 3.8) is 0 Å². The smallest absolute Gasteiger partial charge is 0.0373 e. The fourth-order valence-corrected chi connectivity index (χ4v) is 2.64. The topological polar surface area (TPSA) is 15.3 Å². The van der Waals surface area contributed by atoms with E-state index in [-0.39, 0.29) is 0 Å². The molecule has 2 aromatic carbocycles. The van der Waals surface area contributed by atoms with Crippen molar-refractivity contribution in [2.24, 2.45) is 0 Å². The fraction of sp³-hybridized carbons (Fsp3) is 0.333. The number of benzene rings is 2. The van der Waals surface area contributed by atoms with Crippen LogP contribution in [0.5, 0.6) is 0 Å². The van der Waals surface area contributed by atoms with Crippen molar-refractivity contribution in [1.29, 1.82) is 0 Å². The van der Waals surface area contributed by atoms with E-state index in [2.05, 4.69) is 96.6 Å². The zero-order valence-electron chi connectivity index (χ0n) is 13.2. The summed E-state index contributed by atoms with van der Waals surface area (Å²) in [4.78, 5) is 2.13. The highest BCUT2D eigenvalue weighted by molar-refractivity contribution is 9.10. The molecule has 0 amide bonds. The van der Waals surface area contributed by atoms with Crippen LogP contribution in [-0.4, -0.2) is 20.1 Å². The van der Waals surface area contributed by atoms with Gasteiger partial charge in [0.15, 0.2) is 0 Å². The number of hydrogen-bond acceptors (Lipinski definition) is 2. The van der Waals surface area contributed by atoms with E-state index >= 15 is 0 Å². The maximum Gasteiger partial charge on any atom is 0.0373 e. The van der Waals surface area contributed by atoms with E-state index in [1.54, 1.807) is 0 Å². The van der Waals surface area contributed by atoms with Crippen molar-refractivity contribution in [3.8, 4) is 0 Å². The molecule has 1 N–H and O–H groups in total. The van der Waals surface area contributed by atoms with E-state index in [0.29, 0.717) is 6.04 Å². The Bertz CT molecular complexity index is 591. The lowest BCUT2D eigenvalue weighted by Gasteiger charge is -2.19. The molecule has 0 aliphatic carbocycles. The van der Waals surface area contributed by atoms with Gasteiger partial charge in [-0.25, -0.2) is 0 Å². The Balaban J connectivity index is 2.02. The van der Waals surface area contributed by atoms with Crippen molar-refractivity contribution >= 4 is 27.3 Å². The quantitative estimate of drug-likeness (QED) is 0.830. The van der Waals surface area contributed by atoms with Crippen molar-refractivity contribution in [3.05, 3.63) is 58.1 Å². The Morgan fingerprint density at radius 1 is 1.10 bits per heavy atom. The number of nitrogens with one attached hydrogen (secondary N) is 1. The van der Waals surface area contributed by atoms with Crippen molar-refractivity contribution in [2.45, 2.75) is 26.3 Å². The average Bonchev–Trinajstić information content (AvgIpc) is 2.43. The zero-order chi connectivity index (χ0) is 15.4. The first-order valence-electron chi connectivity index (χ1n) is 7.24. The monoisotopic (exact) mass is 346 g/mol. The molecule has 0 aliphatic rings. The third kappa shape index (κ3) is 4.50. The molecule has 0 radical (unpaired) electrons. The van der Waals surface area contributed by atoms with Crippen LogP contribution in [0.2, 0.25) is 0 Å². The molecule has 0 aliphatic heterocycles.